The van der Waals surface area contributed by atoms with Gasteiger partial charge in [0.1, 0.15) is 5.75 Å². The van der Waals surface area contributed by atoms with Crippen LogP contribution in [0.4, 0.5) is 0 Å². The monoisotopic (exact) mass is 207 g/mol. The quantitative estimate of drug-likeness (QED) is 0.779. The van der Waals surface area contributed by atoms with Crippen LogP contribution < -0.4 is 5.73 Å². The first-order valence-electron chi connectivity index (χ1n) is 5.63. The van der Waals surface area contributed by atoms with Crippen LogP contribution in [-0.4, -0.2) is 11.1 Å². The highest BCUT2D eigenvalue weighted by Crippen LogP contribution is 2.18. The fourth-order valence-electron chi connectivity index (χ4n) is 1.58. The van der Waals surface area contributed by atoms with E-state index in [-0.39, 0.29) is 6.04 Å². The third-order valence-electron chi connectivity index (χ3n) is 2.83. The highest BCUT2D eigenvalue weighted by atomic mass is 16.3. The Labute approximate surface area is 92.1 Å². The second-order valence-corrected chi connectivity index (χ2v) is 4.43. The van der Waals surface area contributed by atoms with Gasteiger partial charge in [-0.1, -0.05) is 32.0 Å². The molecule has 0 aliphatic rings. The minimum atomic E-state index is 0.274. The maximum atomic E-state index is 9.55. The number of hydrogen-bond acceptors (Lipinski definition) is 2. The molecule has 0 saturated heterocycles. The summed E-state index contributed by atoms with van der Waals surface area (Å²) in [6, 6.07) is 7.78. The predicted octanol–water partition coefficient (Wildman–Crippen LogP) is 2.70. The first-order valence-corrected chi connectivity index (χ1v) is 5.63. The molecule has 2 heteroatoms. The average Bonchev–Trinajstić information content (AvgIpc) is 2.20. The van der Waals surface area contributed by atoms with Gasteiger partial charge in [-0.3, -0.25) is 0 Å². The van der Waals surface area contributed by atoms with Crippen LogP contribution in [0.5, 0.6) is 5.75 Å². The molecule has 1 rings (SSSR count). The van der Waals surface area contributed by atoms with Crippen molar-refractivity contribution in [2.24, 2.45) is 11.7 Å². The fraction of sp³-hybridized carbons (Fsp3) is 0.538. The summed E-state index contributed by atoms with van der Waals surface area (Å²) < 4.78 is 0. The van der Waals surface area contributed by atoms with Crippen molar-refractivity contribution in [3.05, 3.63) is 29.8 Å². The molecule has 0 heterocycles. The minimum absolute atomic E-state index is 0.274. The largest absolute Gasteiger partial charge is 0.508 e. The van der Waals surface area contributed by atoms with Crippen molar-refractivity contribution in [2.75, 3.05) is 0 Å². The number of hydrogen-bond donors (Lipinski definition) is 2. The molecular weight excluding hydrogens is 186 g/mol. The molecule has 0 spiro atoms. The van der Waals surface area contributed by atoms with Crippen LogP contribution >= 0.6 is 0 Å². The number of aromatic hydroxyl groups is 1. The zero-order valence-electron chi connectivity index (χ0n) is 9.61. The fourth-order valence-corrected chi connectivity index (χ4v) is 1.58. The lowest BCUT2D eigenvalue weighted by molar-refractivity contribution is 0.443. The molecule has 1 aromatic rings. The van der Waals surface area contributed by atoms with E-state index in [0.717, 1.165) is 24.8 Å². The number of para-hydroxylation sites is 1. The highest BCUT2D eigenvalue weighted by molar-refractivity contribution is 5.31. The van der Waals surface area contributed by atoms with Crippen LogP contribution in [0.25, 0.3) is 0 Å². The molecule has 1 atom stereocenters. The zero-order chi connectivity index (χ0) is 11.3. The summed E-state index contributed by atoms with van der Waals surface area (Å²) in [5, 5.41) is 9.55. The maximum Gasteiger partial charge on any atom is 0.118 e. The number of rotatable bonds is 5. The van der Waals surface area contributed by atoms with Crippen LogP contribution in [0.3, 0.4) is 0 Å². The third-order valence-corrected chi connectivity index (χ3v) is 2.83. The van der Waals surface area contributed by atoms with Gasteiger partial charge in [0, 0.05) is 6.04 Å². The van der Waals surface area contributed by atoms with E-state index >= 15 is 0 Å². The lowest BCUT2D eigenvalue weighted by Crippen LogP contribution is -2.26. The summed E-state index contributed by atoms with van der Waals surface area (Å²) in [6.45, 7) is 4.29. The van der Waals surface area contributed by atoms with E-state index in [1.165, 1.54) is 0 Å². The zero-order valence-corrected chi connectivity index (χ0v) is 9.61. The van der Waals surface area contributed by atoms with Crippen molar-refractivity contribution in [1.82, 2.24) is 0 Å². The van der Waals surface area contributed by atoms with Gasteiger partial charge in [0.25, 0.3) is 0 Å². The second kappa shape index (κ2) is 5.76. The molecule has 0 amide bonds. The van der Waals surface area contributed by atoms with Crippen molar-refractivity contribution in [2.45, 2.75) is 39.2 Å². The molecule has 15 heavy (non-hydrogen) atoms. The standard InChI is InChI=1S/C13H21NO/c1-10(2)12(14)8-5-7-11-6-3-4-9-13(11)15/h3-4,6,9-10,12,15H,5,7-8,14H2,1-2H3. The predicted molar refractivity (Wildman–Crippen MR) is 63.9 cm³/mol. The van der Waals surface area contributed by atoms with Crippen LogP contribution in [0.15, 0.2) is 24.3 Å². The number of benzene rings is 1. The van der Waals surface area contributed by atoms with E-state index in [1.807, 2.05) is 18.2 Å². The Morgan fingerprint density at radius 3 is 2.53 bits per heavy atom. The normalized spacial score (nSPS) is 13.1. The van der Waals surface area contributed by atoms with Gasteiger partial charge >= 0.3 is 0 Å². The van der Waals surface area contributed by atoms with Gasteiger partial charge in [-0.2, -0.15) is 0 Å². The van der Waals surface area contributed by atoms with Gasteiger partial charge in [0.2, 0.25) is 0 Å². The molecule has 84 valence electrons. The lowest BCUT2D eigenvalue weighted by Gasteiger charge is -2.15. The van der Waals surface area contributed by atoms with Crippen LogP contribution in [0, 0.1) is 5.92 Å². The van der Waals surface area contributed by atoms with E-state index in [9.17, 15) is 5.11 Å². The Bertz CT molecular complexity index is 296. The molecule has 0 bridgehead atoms. The van der Waals surface area contributed by atoms with E-state index in [1.54, 1.807) is 6.07 Å². The topological polar surface area (TPSA) is 46.2 Å². The van der Waals surface area contributed by atoms with E-state index in [2.05, 4.69) is 13.8 Å². The number of nitrogens with two attached hydrogens (primary N) is 1. The Kier molecular flexibility index (Phi) is 4.63. The molecule has 3 N–H and O–H groups in total. The SMILES string of the molecule is CC(C)C(N)CCCc1ccccc1O. The van der Waals surface area contributed by atoms with Gasteiger partial charge in [-0.15, -0.1) is 0 Å². The Balaban J connectivity index is 2.35. The summed E-state index contributed by atoms with van der Waals surface area (Å²) in [7, 11) is 0. The summed E-state index contributed by atoms with van der Waals surface area (Å²) in [5.74, 6) is 0.935. The number of aryl methyl sites for hydroxylation is 1. The first-order chi connectivity index (χ1) is 7.11. The molecular formula is C13H21NO. The number of phenolic OH excluding ortho intramolecular Hbond substituents is 1. The molecule has 0 saturated carbocycles. The molecule has 0 aliphatic carbocycles. The van der Waals surface area contributed by atoms with Gasteiger partial charge in [0.15, 0.2) is 0 Å². The van der Waals surface area contributed by atoms with Crippen molar-refractivity contribution < 1.29 is 5.11 Å². The van der Waals surface area contributed by atoms with Crippen LogP contribution in [0.2, 0.25) is 0 Å². The summed E-state index contributed by atoms with van der Waals surface area (Å²) in [6.07, 6.45) is 2.97. The van der Waals surface area contributed by atoms with Gasteiger partial charge in [0.05, 0.1) is 0 Å². The molecule has 0 fully saturated rings. The number of phenols is 1. The Morgan fingerprint density at radius 1 is 1.27 bits per heavy atom. The van der Waals surface area contributed by atoms with Gasteiger partial charge in [-0.25, -0.2) is 0 Å². The van der Waals surface area contributed by atoms with E-state index < -0.39 is 0 Å². The molecule has 1 unspecified atom stereocenters. The molecule has 0 radical (unpaired) electrons. The Hall–Kier alpha value is -1.02. The molecule has 0 aliphatic heterocycles. The first kappa shape index (κ1) is 12.1. The van der Waals surface area contributed by atoms with Gasteiger partial charge in [-0.05, 0) is 36.8 Å². The second-order valence-electron chi connectivity index (χ2n) is 4.43. The highest BCUT2D eigenvalue weighted by Gasteiger charge is 2.07. The smallest absolute Gasteiger partial charge is 0.118 e. The molecule has 1 aromatic carbocycles. The van der Waals surface area contributed by atoms with Crippen molar-refractivity contribution >= 4 is 0 Å². The van der Waals surface area contributed by atoms with Crippen LogP contribution in [-0.2, 0) is 6.42 Å². The maximum absolute atomic E-state index is 9.55. The lowest BCUT2D eigenvalue weighted by atomic mass is 9.97. The van der Waals surface area contributed by atoms with Crippen molar-refractivity contribution in [3.8, 4) is 5.75 Å². The van der Waals surface area contributed by atoms with Crippen LogP contribution in [0.1, 0.15) is 32.3 Å². The van der Waals surface area contributed by atoms with Crippen molar-refractivity contribution in [3.63, 3.8) is 0 Å². The average molecular weight is 207 g/mol. The van der Waals surface area contributed by atoms with E-state index in [4.69, 9.17) is 5.73 Å². The van der Waals surface area contributed by atoms with Gasteiger partial charge < -0.3 is 10.8 Å². The summed E-state index contributed by atoms with van der Waals surface area (Å²) in [5.41, 5.74) is 6.98. The Morgan fingerprint density at radius 2 is 1.93 bits per heavy atom. The summed E-state index contributed by atoms with van der Waals surface area (Å²) in [4.78, 5) is 0. The molecule has 0 aromatic heterocycles. The van der Waals surface area contributed by atoms with Crippen molar-refractivity contribution in [1.29, 1.82) is 0 Å². The third kappa shape index (κ3) is 3.92. The minimum Gasteiger partial charge on any atom is -0.508 e. The van der Waals surface area contributed by atoms with E-state index in [0.29, 0.717) is 11.7 Å². The summed E-state index contributed by atoms with van der Waals surface area (Å²) >= 11 is 0. The molecule has 2 nitrogen and oxygen atoms in total.